The fourth-order valence-corrected chi connectivity index (χ4v) is 5.43. The second kappa shape index (κ2) is 10.9. The van der Waals surface area contributed by atoms with Gasteiger partial charge < -0.3 is 19.3 Å². The molecule has 1 aliphatic heterocycles. The average Bonchev–Trinajstić information content (AvgIpc) is 3.47. The number of hydrogen-bond donors (Lipinski definition) is 1. The van der Waals surface area contributed by atoms with E-state index in [2.05, 4.69) is 20.4 Å². The summed E-state index contributed by atoms with van der Waals surface area (Å²) in [5.74, 6) is -1.12. The van der Waals surface area contributed by atoms with Crippen LogP contribution in [-0.4, -0.2) is 63.7 Å². The van der Waals surface area contributed by atoms with Gasteiger partial charge in [0, 0.05) is 30.8 Å². The molecular weight excluding hydrogens is 559 g/mol. The third kappa shape index (κ3) is 5.91. The van der Waals surface area contributed by atoms with Gasteiger partial charge in [0.05, 0.1) is 29.2 Å². The van der Waals surface area contributed by atoms with E-state index in [1.165, 1.54) is 24.3 Å². The zero-order valence-corrected chi connectivity index (χ0v) is 22.5. The smallest absolute Gasteiger partial charge is 0.347 e. The number of nitrogens with zero attached hydrogens (tertiary/aromatic N) is 5. The molecule has 2 aromatic carbocycles. The van der Waals surface area contributed by atoms with E-state index in [9.17, 15) is 26.7 Å². The molecule has 1 saturated heterocycles. The minimum absolute atomic E-state index is 0.0113. The van der Waals surface area contributed by atoms with Crippen LogP contribution in [0.2, 0.25) is 0 Å². The van der Waals surface area contributed by atoms with E-state index in [1.807, 2.05) is 11.9 Å². The minimum atomic E-state index is -4.55. The topological polar surface area (TPSA) is 88.6 Å². The molecule has 2 aliphatic rings. The number of alkyl halides is 4. The van der Waals surface area contributed by atoms with E-state index < -0.39 is 18.9 Å². The molecule has 0 spiro atoms. The molecule has 1 saturated carbocycles. The van der Waals surface area contributed by atoms with Crippen LogP contribution in [0, 0.1) is 11.7 Å². The number of halogens is 5. The normalized spacial score (nSPS) is 22.1. The lowest BCUT2D eigenvalue weighted by Crippen LogP contribution is -2.39. The Labute approximate surface area is 237 Å². The maximum absolute atomic E-state index is 14.7. The van der Waals surface area contributed by atoms with Crippen LogP contribution in [0.25, 0.3) is 22.4 Å². The number of aromatic nitrogens is 3. The highest BCUT2D eigenvalue weighted by atomic mass is 19.4. The molecule has 2 aromatic heterocycles. The van der Waals surface area contributed by atoms with Gasteiger partial charge in [-0.1, -0.05) is 23.4 Å². The highest BCUT2D eigenvalue weighted by molar-refractivity contribution is 5.99. The van der Waals surface area contributed by atoms with Crippen LogP contribution in [-0.2, 0) is 17.9 Å². The van der Waals surface area contributed by atoms with Crippen LogP contribution in [0.4, 0.5) is 27.6 Å². The molecule has 220 valence electrons. The second-order valence-corrected chi connectivity index (χ2v) is 10.8. The SMILES string of the molecule is CN1CC/C(=N\c2cccc3c2cc(-c2noc(CNC(=O)[C@@H]4C[C@H]4c4cccc(F)c4)n2)n3CC(F)(F)F)[C@@H](F)C1. The molecule has 2 fully saturated rings. The van der Waals surface area contributed by atoms with Gasteiger partial charge in [0.2, 0.25) is 17.6 Å². The minimum Gasteiger partial charge on any atom is -0.347 e. The molecule has 0 bridgehead atoms. The molecule has 1 N–H and O–H groups in total. The van der Waals surface area contributed by atoms with Crippen molar-refractivity contribution in [2.24, 2.45) is 10.9 Å². The molecule has 42 heavy (non-hydrogen) atoms. The lowest BCUT2D eigenvalue weighted by Gasteiger charge is -2.26. The molecule has 8 nitrogen and oxygen atoms in total. The summed E-state index contributed by atoms with van der Waals surface area (Å²) in [5.41, 5.74) is 1.73. The standard InChI is InChI=1S/C29H27F5N6O2/c1-39-9-8-23(21(31)14-39)36-22-6-3-7-24-20(22)12-25(40(24)15-29(32,33)34)27-37-26(42-38-27)13-35-28(41)19-11-18(19)16-4-2-5-17(30)10-16/h2-7,10,12,18-19,21H,8-9,11,13-15H2,1H3,(H,35,41)/b36-23+/t18-,19+,21-/m0/s1. The first kappa shape index (κ1) is 28.0. The summed E-state index contributed by atoms with van der Waals surface area (Å²) in [4.78, 5) is 23.2. The van der Waals surface area contributed by atoms with Crippen molar-refractivity contribution in [3.63, 3.8) is 0 Å². The molecule has 13 heteroatoms. The highest BCUT2D eigenvalue weighted by Crippen LogP contribution is 2.47. The summed E-state index contributed by atoms with van der Waals surface area (Å²) >= 11 is 0. The van der Waals surface area contributed by atoms with Crippen molar-refractivity contribution in [1.29, 1.82) is 0 Å². The van der Waals surface area contributed by atoms with Crippen LogP contribution in [0.1, 0.15) is 30.2 Å². The third-order valence-corrected chi connectivity index (χ3v) is 7.62. The predicted octanol–water partition coefficient (Wildman–Crippen LogP) is 5.56. The second-order valence-electron chi connectivity index (χ2n) is 10.8. The number of benzene rings is 2. The maximum atomic E-state index is 14.7. The Morgan fingerprint density at radius 3 is 2.76 bits per heavy atom. The lowest BCUT2D eigenvalue weighted by atomic mass is 10.1. The summed E-state index contributed by atoms with van der Waals surface area (Å²) in [6.45, 7) is -0.609. The summed E-state index contributed by atoms with van der Waals surface area (Å²) in [6.07, 6.45) is -4.84. The van der Waals surface area contributed by atoms with E-state index in [1.54, 1.807) is 24.3 Å². The first-order valence-corrected chi connectivity index (χ1v) is 13.5. The van der Waals surface area contributed by atoms with Gasteiger partial charge in [-0.05, 0) is 55.3 Å². The van der Waals surface area contributed by atoms with Crippen LogP contribution in [0.15, 0.2) is 58.0 Å². The summed E-state index contributed by atoms with van der Waals surface area (Å²) < 4.78 is 75.4. The Kier molecular flexibility index (Phi) is 7.29. The monoisotopic (exact) mass is 586 g/mol. The van der Waals surface area contributed by atoms with Crippen LogP contribution in [0.3, 0.4) is 0 Å². The van der Waals surface area contributed by atoms with E-state index >= 15 is 0 Å². The number of carbonyl (C=O) groups excluding carboxylic acids is 1. The third-order valence-electron chi connectivity index (χ3n) is 7.62. The molecule has 0 unspecified atom stereocenters. The molecule has 1 aliphatic carbocycles. The number of amides is 1. The number of likely N-dealkylation sites (tertiary alicyclic amines) is 1. The Hall–Kier alpha value is -4.13. The van der Waals surface area contributed by atoms with Gasteiger partial charge in [-0.15, -0.1) is 0 Å². The lowest BCUT2D eigenvalue weighted by molar-refractivity contribution is -0.139. The van der Waals surface area contributed by atoms with Crippen molar-refractivity contribution in [2.45, 2.75) is 44.2 Å². The predicted molar refractivity (Wildman–Crippen MR) is 144 cm³/mol. The largest absolute Gasteiger partial charge is 0.406 e. The number of hydrogen-bond acceptors (Lipinski definition) is 6. The fourth-order valence-electron chi connectivity index (χ4n) is 5.43. The molecule has 4 aromatic rings. The number of fused-ring (bicyclic) bond motifs is 1. The zero-order chi connectivity index (χ0) is 29.6. The first-order chi connectivity index (χ1) is 20.1. The summed E-state index contributed by atoms with van der Waals surface area (Å²) in [5, 5.41) is 6.98. The summed E-state index contributed by atoms with van der Waals surface area (Å²) in [6, 6.07) is 12.3. The van der Waals surface area contributed by atoms with Crippen molar-refractivity contribution in [2.75, 3.05) is 20.1 Å². The van der Waals surface area contributed by atoms with Gasteiger partial charge in [-0.2, -0.15) is 18.2 Å². The van der Waals surface area contributed by atoms with Gasteiger partial charge >= 0.3 is 6.18 Å². The number of piperidine rings is 1. The van der Waals surface area contributed by atoms with Crippen molar-refractivity contribution < 1.29 is 31.3 Å². The van der Waals surface area contributed by atoms with Gasteiger partial charge in [-0.3, -0.25) is 9.79 Å². The number of aliphatic imine (C=N–C) groups is 1. The first-order valence-electron chi connectivity index (χ1n) is 13.5. The van der Waals surface area contributed by atoms with Gasteiger partial charge in [0.1, 0.15) is 12.4 Å². The van der Waals surface area contributed by atoms with Crippen LogP contribution >= 0.6 is 0 Å². The van der Waals surface area contributed by atoms with Crippen molar-refractivity contribution in [1.82, 2.24) is 24.9 Å². The Morgan fingerprint density at radius 2 is 2.00 bits per heavy atom. The summed E-state index contributed by atoms with van der Waals surface area (Å²) in [7, 11) is 1.81. The number of nitrogens with one attached hydrogen (secondary N) is 1. The zero-order valence-electron chi connectivity index (χ0n) is 22.5. The number of carbonyl (C=O) groups is 1. The molecule has 3 atom stereocenters. The number of rotatable bonds is 7. The quantitative estimate of drug-likeness (QED) is 0.287. The van der Waals surface area contributed by atoms with Crippen molar-refractivity contribution >= 4 is 28.2 Å². The molecular formula is C29H27F5N6O2. The van der Waals surface area contributed by atoms with Crippen molar-refractivity contribution in [3.8, 4) is 11.5 Å². The Bertz CT molecular complexity index is 1660. The van der Waals surface area contributed by atoms with E-state index in [-0.39, 0.29) is 59.6 Å². The van der Waals surface area contributed by atoms with E-state index in [4.69, 9.17) is 4.52 Å². The van der Waals surface area contributed by atoms with E-state index in [0.29, 0.717) is 36.2 Å². The van der Waals surface area contributed by atoms with Gasteiger partial charge in [-0.25, -0.2) is 8.78 Å². The Balaban J connectivity index is 1.24. The molecule has 1 amide bonds. The molecule has 0 radical (unpaired) electrons. The average molecular weight is 587 g/mol. The van der Waals surface area contributed by atoms with E-state index in [0.717, 1.165) is 10.1 Å². The van der Waals surface area contributed by atoms with Gasteiger partial charge in [0.15, 0.2) is 6.17 Å². The van der Waals surface area contributed by atoms with Crippen LogP contribution < -0.4 is 5.32 Å². The van der Waals surface area contributed by atoms with Crippen LogP contribution in [0.5, 0.6) is 0 Å². The molecule has 6 rings (SSSR count). The van der Waals surface area contributed by atoms with Crippen molar-refractivity contribution in [3.05, 3.63) is 65.8 Å². The molecule has 3 heterocycles. The highest BCUT2D eigenvalue weighted by Gasteiger charge is 2.44. The fraction of sp³-hybridized carbons (Fsp3) is 0.379. The van der Waals surface area contributed by atoms with Gasteiger partial charge in [0.25, 0.3) is 0 Å². The maximum Gasteiger partial charge on any atom is 0.406 e. The Morgan fingerprint density at radius 1 is 1.19 bits per heavy atom.